The smallest absolute Gasteiger partial charge is 0.339 e. The molecule has 18 heteroatoms. The monoisotopic (exact) mass is 754 g/mol. The second kappa shape index (κ2) is 11.2. The van der Waals surface area contributed by atoms with Gasteiger partial charge in [-0.15, -0.1) is 23.2 Å². The van der Waals surface area contributed by atoms with Crippen molar-refractivity contribution in [3.63, 3.8) is 0 Å². The van der Waals surface area contributed by atoms with E-state index in [-0.39, 0.29) is 28.1 Å². The van der Waals surface area contributed by atoms with Crippen LogP contribution in [0.1, 0.15) is 34.7 Å². The van der Waals surface area contributed by atoms with E-state index >= 15 is 8.78 Å². The first-order chi connectivity index (χ1) is 23.9. The molecule has 4 aliphatic rings. The number of carboxylic acids is 1. The van der Waals surface area contributed by atoms with Crippen LogP contribution in [0.3, 0.4) is 0 Å². The third kappa shape index (κ3) is 4.35. The van der Waals surface area contributed by atoms with Crippen LogP contribution in [-0.4, -0.2) is 54.7 Å². The number of halogens is 8. The molecular weight excluding hydrogens is 737 g/mol. The van der Waals surface area contributed by atoms with Gasteiger partial charge in [-0.2, -0.15) is 0 Å². The third-order valence-electron chi connectivity index (χ3n) is 10.00. The molecular formula is C33H18Cl2F6N2O8. The van der Waals surface area contributed by atoms with Crippen LogP contribution in [-0.2, 0) is 19.2 Å². The van der Waals surface area contributed by atoms with Crippen LogP contribution in [0.4, 0.5) is 37.7 Å². The number of carbonyl (C=O) groups is 5. The minimum Gasteiger partial charge on any atom is -0.507 e. The topological polar surface area (TPSA) is 153 Å². The van der Waals surface area contributed by atoms with Crippen molar-refractivity contribution >= 4 is 64.2 Å². The van der Waals surface area contributed by atoms with E-state index in [2.05, 4.69) is 0 Å². The van der Waals surface area contributed by atoms with Crippen molar-refractivity contribution in [2.75, 3.05) is 9.80 Å². The summed E-state index contributed by atoms with van der Waals surface area (Å²) < 4.78 is 87.8. The number of allylic oxidation sites excluding steroid dienone is 2. The summed E-state index contributed by atoms with van der Waals surface area (Å²) in [6.07, 6.45) is 0.314. The molecule has 2 heterocycles. The quantitative estimate of drug-likeness (QED) is 0.0800. The van der Waals surface area contributed by atoms with E-state index in [1.165, 1.54) is 6.08 Å². The number of carboxylic acid groups (broad SMARTS) is 1. The van der Waals surface area contributed by atoms with Crippen molar-refractivity contribution in [2.24, 2.45) is 17.8 Å². The Morgan fingerprint density at radius 2 is 1.39 bits per heavy atom. The molecule has 0 radical (unpaired) electrons. The van der Waals surface area contributed by atoms with Crippen molar-refractivity contribution < 1.29 is 65.6 Å². The van der Waals surface area contributed by atoms with Crippen molar-refractivity contribution in [3.8, 4) is 11.5 Å². The first kappa shape index (κ1) is 34.4. The molecule has 0 spiro atoms. The first-order valence-electron chi connectivity index (χ1n) is 14.8. The van der Waals surface area contributed by atoms with Gasteiger partial charge < -0.3 is 15.3 Å². The molecule has 2 aliphatic carbocycles. The molecule has 1 saturated carbocycles. The molecule has 2 aliphatic heterocycles. The molecule has 0 bridgehead atoms. The average molecular weight is 755 g/mol. The number of aromatic hydroxyl groups is 2. The van der Waals surface area contributed by atoms with Gasteiger partial charge in [-0.25, -0.2) is 40.9 Å². The fraction of sp³-hybridized carbons (Fsp3) is 0.242. The van der Waals surface area contributed by atoms with Crippen LogP contribution in [0, 0.1) is 52.7 Å². The lowest BCUT2D eigenvalue weighted by atomic mass is 9.56. The number of fused-ring (bicyclic) bond motifs is 4. The van der Waals surface area contributed by atoms with Gasteiger partial charge in [0, 0.05) is 12.0 Å². The van der Waals surface area contributed by atoms with E-state index in [1.54, 1.807) is 0 Å². The minimum atomic E-state index is -2.89. The fourth-order valence-electron chi connectivity index (χ4n) is 7.74. The number of rotatable bonds is 4. The maximum atomic E-state index is 15.1. The summed E-state index contributed by atoms with van der Waals surface area (Å²) in [5.41, 5.74) is -2.98. The van der Waals surface area contributed by atoms with Gasteiger partial charge in [0.25, 0.3) is 11.8 Å². The molecule has 2 saturated heterocycles. The Kier molecular flexibility index (Phi) is 7.55. The maximum Gasteiger partial charge on any atom is 0.339 e. The highest BCUT2D eigenvalue weighted by atomic mass is 35.5. The van der Waals surface area contributed by atoms with E-state index in [4.69, 9.17) is 23.2 Å². The predicted octanol–water partition coefficient (Wildman–Crippen LogP) is 5.40. The first-order valence-corrected chi connectivity index (χ1v) is 15.5. The van der Waals surface area contributed by atoms with Crippen molar-refractivity contribution in [3.05, 3.63) is 94.1 Å². The Morgan fingerprint density at radius 1 is 0.765 bits per heavy atom. The second-order valence-corrected chi connectivity index (χ2v) is 13.7. The van der Waals surface area contributed by atoms with Gasteiger partial charge in [0.05, 0.1) is 17.5 Å². The molecule has 3 aromatic carbocycles. The predicted molar refractivity (Wildman–Crippen MR) is 162 cm³/mol. The van der Waals surface area contributed by atoms with Crippen LogP contribution in [0.25, 0.3) is 0 Å². The van der Waals surface area contributed by atoms with Crippen LogP contribution >= 0.6 is 23.2 Å². The van der Waals surface area contributed by atoms with Gasteiger partial charge >= 0.3 is 5.97 Å². The summed E-state index contributed by atoms with van der Waals surface area (Å²) in [6.45, 7) is 0. The number of nitrogens with zero attached hydrogens (tertiary/aromatic N) is 2. The lowest BCUT2D eigenvalue weighted by Gasteiger charge is -2.50. The molecule has 0 unspecified atom stereocenters. The number of hydrogen-bond donors (Lipinski definition) is 3. The van der Waals surface area contributed by atoms with Gasteiger partial charge in [-0.1, -0.05) is 17.7 Å². The molecule has 7 rings (SSSR count). The van der Waals surface area contributed by atoms with E-state index < -0.39 is 127 Å². The molecule has 4 amide bonds. The Balaban J connectivity index is 1.41. The number of anilines is 2. The summed E-state index contributed by atoms with van der Waals surface area (Å²) >= 11 is 13.9. The number of aromatic carboxylic acids is 1. The van der Waals surface area contributed by atoms with Gasteiger partial charge in [-0.05, 0) is 48.6 Å². The normalized spacial score (nSPS) is 28.5. The summed E-state index contributed by atoms with van der Waals surface area (Å²) in [5, 5.41) is 29.4. The zero-order chi connectivity index (χ0) is 37.2. The van der Waals surface area contributed by atoms with Gasteiger partial charge in [-0.3, -0.25) is 19.2 Å². The molecule has 6 atom stereocenters. The molecule has 264 valence electrons. The second-order valence-electron chi connectivity index (χ2n) is 12.4. The van der Waals surface area contributed by atoms with Crippen LogP contribution in [0.15, 0.2) is 48.0 Å². The number of carbonyl (C=O) groups excluding carboxylic acids is 4. The van der Waals surface area contributed by atoms with E-state index in [0.29, 0.717) is 11.0 Å². The third-order valence-corrected chi connectivity index (χ3v) is 11.4. The maximum absolute atomic E-state index is 15.1. The highest BCUT2D eigenvalue weighted by Crippen LogP contribution is 2.66. The molecule has 51 heavy (non-hydrogen) atoms. The number of imide groups is 2. The molecule has 3 fully saturated rings. The van der Waals surface area contributed by atoms with Gasteiger partial charge in [0.2, 0.25) is 17.6 Å². The highest BCUT2D eigenvalue weighted by molar-refractivity contribution is 6.58. The molecule has 3 N–H and O–H groups in total. The Bertz CT molecular complexity index is 2190. The zero-order valence-electron chi connectivity index (χ0n) is 25.1. The van der Waals surface area contributed by atoms with E-state index in [1.807, 2.05) is 0 Å². The number of phenols is 2. The fourth-order valence-corrected chi connectivity index (χ4v) is 8.67. The van der Waals surface area contributed by atoms with Crippen LogP contribution in [0.2, 0.25) is 0 Å². The SMILES string of the molecule is O=C(O)c1ccc(N2C(=O)[C@H]3[C@H](CC=C4[C@H]3C[C@@]3(Cl)C(=O)N(c5c(F)c(F)c(F)c(F)c5F)C(=O)[C@@]3(Cl)[C@H]4c3ccc(O)c(F)c3)C2=O)cc1O. The standard InChI is InChI=1S/C33H18Cl2F6N2O8/c34-32-9-15-12(4-5-14-19(15)28(47)42(27(14)46)11-2-3-13(29(48)49)18(45)8-11)20(10-1-6-17(44)16(36)7-10)33(32,35)31(51)43(30(32)50)26-24(40)22(38)21(37)23(39)25(26)41/h1-4,6-8,14-15,19-20,44-45H,5,9H2,(H,48,49)/t14-,15+,19-,20-,32+,33-/m0/s1. The number of hydrogen-bond acceptors (Lipinski definition) is 7. The lowest BCUT2D eigenvalue weighted by Crippen LogP contribution is -2.60. The number of phenolic OH excluding ortho intramolecular Hbond substituents is 1. The van der Waals surface area contributed by atoms with Crippen molar-refractivity contribution in [1.29, 1.82) is 0 Å². The Labute approximate surface area is 291 Å². The summed E-state index contributed by atoms with van der Waals surface area (Å²) in [6, 6.07) is 5.51. The number of alkyl halides is 2. The van der Waals surface area contributed by atoms with Gasteiger partial charge in [0.15, 0.2) is 44.6 Å². The average Bonchev–Trinajstić information content (AvgIpc) is 3.42. The Hall–Kier alpha value is -5.09. The molecule has 3 aromatic rings. The summed E-state index contributed by atoms with van der Waals surface area (Å²) in [4.78, 5) is 62.2. The summed E-state index contributed by atoms with van der Waals surface area (Å²) in [7, 11) is 0. The van der Waals surface area contributed by atoms with Gasteiger partial charge in [0.1, 0.15) is 17.0 Å². The van der Waals surface area contributed by atoms with E-state index in [9.17, 15) is 56.9 Å². The van der Waals surface area contributed by atoms with Crippen molar-refractivity contribution in [1.82, 2.24) is 0 Å². The number of amides is 4. The Morgan fingerprint density at radius 3 is 1.98 bits per heavy atom. The lowest BCUT2D eigenvalue weighted by molar-refractivity contribution is -0.125. The minimum absolute atomic E-state index is 0.0279. The van der Waals surface area contributed by atoms with Crippen molar-refractivity contribution in [2.45, 2.75) is 28.5 Å². The van der Waals surface area contributed by atoms with Crippen LogP contribution in [0.5, 0.6) is 11.5 Å². The molecule has 0 aromatic heterocycles. The molecule has 10 nitrogen and oxygen atoms in total. The largest absolute Gasteiger partial charge is 0.507 e. The summed E-state index contributed by atoms with van der Waals surface area (Å²) in [5.74, 6) is -28.1. The zero-order valence-corrected chi connectivity index (χ0v) is 26.6. The highest BCUT2D eigenvalue weighted by Gasteiger charge is 2.77. The van der Waals surface area contributed by atoms with E-state index in [0.717, 1.165) is 30.3 Å². The van der Waals surface area contributed by atoms with Crippen LogP contribution < -0.4 is 9.80 Å². The number of benzene rings is 3.